The van der Waals surface area contributed by atoms with E-state index in [0.29, 0.717) is 6.42 Å². The Morgan fingerprint density at radius 3 is 2.31 bits per heavy atom. The van der Waals surface area contributed by atoms with E-state index in [0.717, 1.165) is 0 Å². The molecule has 16 heavy (non-hydrogen) atoms. The van der Waals surface area contributed by atoms with Crippen LogP contribution in [0.4, 0.5) is 0 Å². The van der Waals surface area contributed by atoms with Crippen LogP contribution in [0.1, 0.15) is 34.1 Å². The summed E-state index contributed by atoms with van der Waals surface area (Å²) in [5.41, 5.74) is 5.26. The predicted molar refractivity (Wildman–Crippen MR) is 66.9 cm³/mol. The Balaban J connectivity index is 4.12. The minimum atomic E-state index is -3.25. The third kappa shape index (κ3) is 7.64. The molecule has 0 aromatic heterocycles. The monoisotopic (exact) mass is 249 g/mol. The molecule has 5 nitrogen and oxygen atoms in total. The van der Waals surface area contributed by atoms with E-state index in [1.807, 2.05) is 20.8 Å². The average Bonchev–Trinajstić information content (AvgIpc) is 2.10. The Hall–Kier alpha value is -0.620. The van der Waals surface area contributed by atoms with Crippen molar-refractivity contribution >= 4 is 15.9 Å². The number of hydrogen-bond donors (Lipinski definition) is 3. The molecule has 0 aliphatic carbocycles. The van der Waals surface area contributed by atoms with Crippen molar-refractivity contribution in [1.82, 2.24) is 4.72 Å². The van der Waals surface area contributed by atoms with Crippen LogP contribution in [0.25, 0.3) is 0 Å². The normalized spacial score (nSPS) is 14.8. The van der Waals surface area contributed by atoms with Crippen molar-refractivity contribution in [3.63, 3.8) is 0 Å². The fourth-order valence-corrected chi connectivity index (χ4v) is 2.40. The molecule has 0 spiro atoms. The first kappa shape index (κ1) is 15.4. The predicted octanol–water partition coefficient (Wildman–Crippen LogP) is 0.914. The maximum Gasteiger partial charge on any atom is 0.211 e. The molecule has 0 amide bonds. The van der Waals surface area contributed by atoms with Gasteiger partial charge in [-0.3, -0.25) is 5.41 Å². The van der Waals surface area contributed by atoms with Gasteiger partial charge in [0.15, 0.2) is 0 Å². The Labute approximate surface area is 98.4 Å². The topological polar surface area (TPSA) is 96.0 Å². The highest BCUT2D eigenvalue weighted by atomic mass is 32.2. The maximum atomic E-state index is 11.6. The van der Waals surface area contributed by atoms with E-state index < -0.39 is 10.0 Å². The van der Waals surface area contributed by atoms with Gasteiger partial charge in [-0.15, -0.1) is 0 Å². The quantitative estimate of drug-likeness (QED) is 0.482. The van der Waals surface area contributed by atoms with Crippen LogP contribution in [0, 0.1) is 16.7 Å². The summed E-state index contributed by atoms with van der Waals surface area (Å²) in [7, 11) is -3.25. The molecule has 0 rings (SSSR count). The molecule has 0 radical (unpaired) electrons. The molecule has 0 saturated carbocycles. The van der Waals surface area contributed by atoms with Crippen LogP contribution >= 0.6 is 0 Å². The lowest BCUT2D eigenvalue weighted by atomic mass is 9.94. The van der Waals surface area contributed by atoms with Crippen molar-refractivity contribution in [1.29, 1.82) is 5.41 Å². The van der Waals surface area contributed by atoms with E-state index in [-0.39, 0.29) is 29.5 Å². The molecular formula is C10H23N3O2S. The summed E-state index contributed by atoms with van der Waals surface area (Å²) < 4.78 is 25.6. The fourth-order valence-electron chi connectivity index (χ4n) is 0.875. The SMILES string of the molecule is CC(CNS(=O)(=O)CCC(C)(C)C)C(=N)N. The minimum Gasteiger partial charge on any atom is -0.387 e. The van der Waals surface area contributed by atoms with E-state index >= 15 is 0 Å². The molecule has 0 aromatic carbocycles. The first-order chi connectivity index (χ1) is 7.03. The van der Waals surface area contributed by atoms with Gasteiger partial charge in [-0.2, -0.15) is 0 Å². The van der Waals surface area contributed by atoms with Crippen LogP contribution in [0.15, 0.2) is 0 Å². The molecule has 6 heteroatoms. The third-order valence-electron chi connectivity index (χ3n) is 2.26. The Bertz CT molecular complexity index is 330. The summed E-state index contributed by atoms with van der Waals surface area (Å²) in [6.45, 7) is 7.92. The zero-order valence-corrected chi connectivity index (χ0v) is 11.3. The first-order valence-electron chi connectivity index (χ1n) is 5.35. The van der Waals surface area contributed by atoms with Gasteiger partial charge in [0.1, 0.15) is 0 Å². The second kappa shape index (κ2) is 5.63. The zero-order chi connectivity index (χ0) is 13.0. The second-order valence-corrected chi connectivity index (χ2v) is 7.26. The van der Waals surface area contributed by atoms with Gasteiger partial charge in [0, 0.05) is 12.5 Å². The Morgan fingerprint density at radius 2 is 1.94 bits per heavy atom. The molecule has 0 fully saturated rings. The summed E-state index contributed by atoms with van der Waals surface area (Å²) in [6, 6.07) is 0. The molecule has 1 atom stereocenters. The van der Waals surface area contributed by atoms with Gasteiger partial charge in [-0.05, 0) is 11.8 Å². The van der Waals surface area contributed by atoms with Crippen molar-refractivity contribution in [2.24, 2.45) is 17.1 Å². The summed E-state index contributed by atoms with van der Waals surface area (Å²) in [5, 5.41) is 7.15. The Kier molecular flexibility index (Phi) is 5.41. The molecule has 96 valence electrons. The number of sulfonamides is 1. The van der Waals surface area contributed by atoms with Crippen LogP contribution in [-0.4, -0.2) is 26.6 Å². The highest BCUT2D eigenvalue weighted by molar-refractivity contribution is 7.89. The van der Waals surface area contributed by atoms with Crippen molar-refractivity contribution in [3.8, 4) is 0 Å². The van der Waals surface area contributed by atoms with Gasteiger partial charge in [0.2, 0.25) is 10.0 Å². The van der Waals surface area contributed by atoms with Crippen molar-refractivity contribution in [2.45, 2.75) is 34.1 Å². The standard InChI is InChI=1S/C10H23N3O2S/c1-8(9(11)12)7-13-16(14,15)6-5-10(2,3)4/h8,13H,5-7H2,1-4H3,(H3,11,12). The first-order valence-corrected chi connectivity index (χ1v) is 7.00. The van der Waals surface area contributed by atoms with Crippen molar-refractivity contribution in [2.75, 3.05) is 12.3 Å². The lowest BCUT2D eigenvalue weighted by molar-refractivity contribution is 0.396. The molecule has 0 saturated heterocycles. The van der Waals surface area contributed by atoms with E-state index in [2.05, 4.69) is 4.72 Å². The van der Waals surface area contributed by atoms with Crippen molar-refractivity contribution < 1.29 is 8.42 Å². The molecule has 0 aliphatic heterocycles. The van der Waals surface area contributed by atoms with Crippen LogP contribution in [0.5, 0.6) is 0 Å². The van der Waals surface area contributed by atoms with Gasteiger partial charge >= 0.3 is 0 Å². The highest BCUT2D eigenvalue weighted by Gasteiger charge is 2.18. The largest absolute Gasteiger partial charge is 0.387 e. The summed E-state index contributed by atoms with van der Waals surface area (Å²) in [5.74, 6) is -0.149. The lowest BCUT2D eigenvalue weighted by Gasteiger charge is -2.18. The van der Waals surface area contributed by atoms with Gasteiger partial charge in [-0.1, -0.05) is 27.7 Å². The molecule has 0 aromatic rings. The van der Waals surface area contributed by atoms with E-state index in [4.69, 9.17) is 11.1 Å². The smallest absolute Gasteiger partial charge is 0.211 e. The van der Waals surface area contributed by atoms with Gasteiger partial charge in [0.05, 0.1) is 11.6 Å². The number of nitrogens with two attached hydrogens (primary N) is 1. The number of nitrogens with one attached hydrogen (secondary N) is 2. The summed E-state index contributed by atoms with van der Waals surface area (Å²) in [6.07, 6.45) is 0.608. The van der Waals surface area contributed by atoms with Gasteiger partial charge < -0.3 is 5.73 Å². The van der Waals surface area contributed by atoms with Gasteiger partial charge in [-0.25, -0.2) is 13.1 Å². The Morgan fingerprint density at radius 1 is 1.44 bits per heavy atom. The molecule has 0 aliphatic rings. The highest BCUT2D eigenvalue weighted by Crippen LogP contribution is 2.18. The lowest BCUT2D eigenvalue weighted by Crippen LogP contribution is -2.36. The average molecular weight is 249 g/mol. The number of amidine groups is 1. The second-order valence-electron chi connectivity index (χ2n) is 5.33. The molecule has 0 bridgehead atoms. The zero-order valence-electron chi connectivity index (χ0n) is 10.5. The molecule has 4 N–H and O–H groups in total. The minimum absolute atomic E-state index is 0.000934. The molecule has 0 heterocycles. The maximum absolute atomic E-state index is 11.6. The fraction of sp³-hybridized carbons (Fsp3) is 0.900. The van der Waals surface area contributed by atoms with E-state index in [9.17, 15) is 8.42 Å². The van der Waals surface area contributed by atoms with E-state index in [1.54, 1.807) is 6.92 Å². The van der Waals surface area contributed by atoms with Crippen LogP contribution < -0.4 is 10.5 Å². The van der Waals surface area contributed by atoms with Crippen molar-refractivity contribution in [3.05, 3.63) is 0 Å². The third-order valence-corrected chi connectivity index (χ3v) is 3.61. The number of rotatable bonds is 6. The van der Waals surface area contributed by atoms with Crippen LogP contribution in [-0.2, 0) is 10.0 Å². The van der Waals surface area contributed by atoms with Crippen LogP contribution in [0.3, 0.4) is 0 Å². The van der Waals surface area contributed by atoms with Crippen LogP contribution in [0.2, 0.25) is 0 Å². The molecular weight excluding hydrogens is 226 g/mol. The number of hydrogen-bond acceptors (Lipinski definition) is 3. The molecule has 1 unspecified atom stereocenters. The van der Waals surface area contributed by atoms with Gasteiger partial charge in [0.25, 0.3) is 0 Å². The summed E-state index contributed by atoms with van der Waals surface area (Å²) in [4.78, 5) is 0. The van der Waals surface area contributed by atoms with E-state index in [1.165, 1.54) is 0 Å². The summed E-state index contributed by atoms with van der Waals surface area (Å²) >= 11 is 0.